The van der Waals surface area contributed by atoms with Gasteiger partial charge >= 0.3 is 0 Å². The van der Waals surface area contributed by atoms with Gasteiger partial charge in [-0.05, 0) is 49.8 Å². The normalized spacial score (nSPS) is 22.6. The first kappa shape index (κ1) is 19.9. The number of hydrogen-bond donors (Lipinski definition) is 1. The smallest absolute Gasteiger partial charge is 0.257 e. The number of para-hydroxylation sites is 1. The molecule has 0 bridgehead atoms. The van der Waals surface area contributed by atoms with Crippen molar-refractivity contribution in [2.45, 2.75) is 50.4 Å². The molecule has 2 saturated heterocycles. The summed E-state index contributed by atoms with van der Waals surface area (Å²) >= 11 is 0. The summed E-state index contributed by atoms with van der Waals surface area (Å²) in [5.41, 5.74) is 1.48. The molecule has 0 aromatic heterocycles. The van der Waals surface area contributed by atoms with Crippen LogP contribution in [0.1, 0.15) is 54.1 Å². The quantitative estimate of drug-likeness (QED) is 0.771. The summed E-state index contributed by atoms with van der Waals surface area (Å²) in [6.07, 6.45) is 4.02. The Morgan fingerprint density at radius 3 is 2.69 bits per heavy atom. The van der Waals surface area contributed by atoms with Gasteiger partial charge in [-0.3, -0.25) is 4.79 Å². The molecule has 0 aliphatic carbocycles. The molecule has 5 nitrogen and oxygen atoms in total. The molecule has 1 N–H and O–H groups in total. The van der Waals surface area contributed by atoms with E-state index >= 15 is 0 Å². The zero-order valence-electron chi connectivity index (χ0n) is 16.7. The van der Waals surface area contributed by atoms with E-state index in [1.165, 1.54) is 0 Å². The first-order valence-electron chi connectivity index (χ1n) is 10.6. The number of aliphatic hydroxyl groups excluding tert-OH is 1. The predicted molar refractivity (Wildman–Crippen MR) is 111 cm³/mol. The van der Waals surface area contributed by atoms with Crippen LogP contribution in [-0.2, 0) is 4.74 Å². The summed E-state index contributed by atoms with van der Waals surface area (Å²) in [5.74, 6) is 0.595. The van der Waals surface area contributed by atoms with Gasteiger partial charge in [0, 0.05) is 19.2 Å². The van der Waals surface area contributed by atoms with Crippen molar-refractivity contribution in [1.82, 2.24) is 4.90 Å². The van der Waals surface area contributed by atoms with E-state index in [0.29, 0.717) is 30.9 Å². The maximum Gasteiger partial charge on any atom is 0.257 e. The Morgan fingerprint density at radius 1 is 1.10 bits per heavy atom. The molecule has 1 amide bonds. The van der Waals surface area contributed by atoms with Crippen LogP contribution in [0.15, 0.2) is 54.6 Å². The van der Waals surface area contributed by atoms with Gasteiger partial charge < -0.3 is 19.5 Å². The number of benzene rings is 2. The van der Waals surface area contributed by atoms with E-state index in [9.17, 15) is 9.90 Å². The van der Waals surface area contributed by atoms with Crippen LogP contribution in [0.2, 0.25) is 0 Å². The second-order valence-electron chi connectivity index (χ2n) is 7.90. The molecule has 3 atom stereocenters. The Kier molecular flexibility index (Phi) is 6.47. The van der Waals surface area contributed by atoms with Crippen molar-refractivity contribution in [2.24, 2.45) is 0 Å². The summed E-state index contributed by atoms with van der Waals surface area (Å²) in [5, 5.41) is 10.6. The lowest BCUT2D eigenvalue weighted by atomic mass is 10.00. The Bertz CT molecular complexity index is 804. The highest BCUT2D eigenvalue weighted by Gasteiger charge is 2.32. The highest BCUT2D eigenvalue weighted by molar-refractivity contribution is 5.97. The van der Waals surface area contributed by atoms with E-state index in [1.807, 2.05) is 59.5 Å². The van der Waals surface area contributed by atoms with Crippen molar-refractivity contribution < 1.29 is 19.4 Å². The molecular weight excluding hydrogens is 366 g/mol. The van der Waals surface area contributed by atoms with E-state index in [2.05, 4.69) is 0 Å². The van der Waals surface area contributed by atoms with Crippen LogP contribution < -0.4 is 4.74 Å². The number of hydrogen-bond acceptors (Lipinski definition) is 4. The number of carbonyl (C=O) groups is 1. The lowest BCUT2D eigenvalue weighted by Crippen LogP contribution is -2.36. The minimum atomic E-state index is -0.569. The fourth-order valence-corrected chi connectivity index (χ4v) is 4.30. The van der Waals surface area contributed by atoms with Gasteiger partial charge in [-0.15, -0.1) is 0 Å². The zero-order chi connectivity index (χ0) is 20.1. The molecule has 2 aromatic rings. The molecule has 2 fully saturated rings. The van der Waals surface area contributed by atoms with E-state index < -0.39 is 6.10 Å². The van der Waals surface area contributed by atoms with Gasteiger partial charge in [0.1, 0.15) is 12.4 Å². The molecule has 5 heteroatoms. The van der Waals surface area contributed by atoms with Crippen molar-refractivity contribution >= 4 is 5.91 Å². The molecule has 2 aromatic carbocycles. The number of aliphatic hydroxyl groups is 1. The van der Waals surface area contributed by atoms with E-state index in [0.717, 1.165) is 37.9 Å². The van der Waals surface area contributed by atoms with Crippen molar-refractivity contribution in [3.63, 3.8) is 0 Å². The van der Waals surface area contributed by atoms with Gasteiger partial charge in [-0.25, -0.2) is 0 Å². The number of ether oxygens (including phenoxy) is 2. The molecule has 2 heterocycles. The summed E-state index contributed by atoms with van der Waals surface area (Å²) in [6.45, 7) is 1.97. The molecular formula is C24H29NO4. The maximum absolute atomic E-state index is 13.3. The average molecular weight is 395 g/mol. The number of carbonyl (C=O) groups excluding carboxylic acids is 1. The summed E-state index contributed by atoms with van der Waals surface area (Å²) in [4.78, 5) is 15.2. The molecule has 4 rings (SSSR count). The topological polar surface area (TPSA) is 59.0 Å². The fourth-order valence-electron chi connectivity index (χ4n) is 4.30. The number of amides is 1. The number of rotatable bonds is 7. The van der Waals surface area contributed by atoms with Crippen molar-refractivity contribution in [2.75, 3.05) is 19.8 Å². The van der Waals surface area contributed by atoms with Gasteiger partial charge in [-0.2, -0.15) is 0 Å². The van der Waals surface area contributed by atoms with Crippen LogP contribution in [0, 0.1) is 0 Å². The van der Waals surface area contributed by atoms with Crippen LogP contribution >= 0.6 is 0 Å². The lowest BCUT2D eigenvalue weighted by molar-refractivity contribution is 0.0618. The third-order valence-corrected chi connectivity index (χ3v) is 5.88. The Balaban J connectivity index is 1.44. The molecule has 2 aliphatic rings. The van der Waals surface area contributed by atoms with Crippen molar-refractivity contribution in [3.05, 3.63) is 65.7 Å². The van der Waals surface area contributed by atoms with E-state index in [4.69, 9.17) is 9.47 Å². The van der Waals surface area contributed by atoms with E-state index in [1.54, 1.807) is 0 Å². The summed E-state index contributed by atoms with van der Waals surface area (Å²) < 4.78 is 11.6. The first-order chi connectivity index (χ1) is 14.2. The zero-order valence-corrected chi connectivity index (χ0v) is 16.7. The first-order valence-corrected chi connectivity index (χ1v) is 10.6. The van der Waals surface area contributed by atoms with Crippen molar-refractivity contribution in [3.8, 4) is 5.75 Å². The molecule has 2 aliphatic heterocycles. The van der Waals surface area contributed by atoms with Crippen LogP contribution in [0.25, 0.3) is 0 Å². The Hall–Kier alpha value is -2.37. The monoisotopic (exact) mass is 395 g/mol. The molecule has 0 saturated carbocycles. The number of likely N-dealkylation sites (tertiary alicyclic amines) is 1. The van der Waals surface area contributed by atoms with Gasteiger partial charge in [0.15, 0.2) is 0 Å². The van der Waals surface area contributed by atoms with Gasteiger partial charge in [0.25, 0.3) is 5.91 Å². The fraction of sp³-hybridized carbons (Fsp3) is 0.458. The molecule has 0 unspecified atom stereocenters. The van der Waals surface area contributed by atoms with Crippen LogP contribution in [0.5, 0.6) is 5.75 Å². The predicted octanol–water partition coefficient (Wildman–Crippen LogP) is 3.97. The standard InChI is InChI=1S/C24H29NO4/c26-22(18-8-2-1-3-9-18)16-19-10-6-14-25(19)24(27)21-12-4-5-13-23(21)29-17-20-11-7-15-28-20/h1-5,8-9,12-13,19-20,22,26H,6-7,10-11,14-17H2/t19-,20-,22+/m0/s1. The molecule has 29 heavy (non-hydrogen) atoms. The molecule has 0 radical (unpaired) electrons. The molecule has 0 spiro atoms. The highest BCUT2D eigenvalue weighted by atomic mass is 16.5. The second-order valence-corrected chi connectivity index (χ2v) is 7.90. The summed E-state index contributed by atoms with van der Waals surface area (Å²) in [6, 6.07) is 17.1. The third kappa shape index (κ3) is 4.80. The third-order valence-electron chi connectivity index (χ3n) is 5.88. The Morgan fingerprint density at radius 2 is 1.90 bits per heavy atom. The van der Waals surface area contributed by atoms with Crippen molar-refractivity contribution in [1.29, 1.82) is 0 Å². The van der Waals surface area contributed by atoms with E-state index in [-0.39, 0.29) is 18.1 Å². The van der Waals surface area contributed by atoms with Gasteiger partial charge in [0.2, 0.25) is 0 Å². The minimum absolute atomic E-state index is 0.0179. The number of nitrogens with zero attached hydrogens (tertiary/aromatic N) is 1. The van der Waals surface area contributed by atoms with Crippen LogP contribution in [-0.4, -0.2) is 47.8 Å². The Labute approximate surface area is 172 Å². The lowest BCUT2D eigenvalue weighted by Gasteiger charge is -2.27. The van der Waals surface area contributed by atoms with Gasteiger partial charge in [-0.1, -0.05) is 42.5 Å². The van der Waals surface area contributed by atoms with Gasteiger partial charge in [0.05, 0.1) is 17.8 Å². The average Bonchev–Trinajstić information content (AvgIpc) is 3.45. The second kappa shape index (κ2) is 9.42. The maximum atomic E-state index is 13.3. The molecule has 154 valence electrons. The van der Waals surface area contributed by atoms with Crippen LogP contribution in [0.3, 0.4) is 0 Å². The minimum Gasteiger partial charge on any atom is -0.490 e. The van der Waals surface area contributed by atoms with Crippen LogP contribution in [0.4, 0.5) is 0 Å². The SMILES string of the molecule is O=C(c1ccccc1OC[C@@H]1CCCO1)N1CCC[C@H]1C[C@@H](O)c1ccccc1. The largest absolute Gasteiger partial charge is 0.490 e. The summed E-state index contributed by atoms with van der Waals surface area (Å²) in [7, 11) is 0. The highest BCUT2D eigenvalue weighted by Crippen LogP contribution is 2.30.